The van der Waals surface area contributed by atoms with Gasteiger partial charge in [-0.25, -0.2) is 4.99 Å². The predicted molar refractivity (Wildman–Crippen MR) is 85.6 cm³/mol. The summed E-state index contributed by atoms with van der Waals surface area (Å²) < 4.78 is 0. The van der Waals surface area contributed by atoms with Gasteiger partial charge in [0.2, 0.25) is 0 Å². The van der Waals surface area contributed by atoms with Crippen LogP contribution in [0.15, 0.2) is 35.0 Å². The minimum atomic E-state index is -0.839. The SMILES string of the molecule is CCC(=O)CN1C(=O)/C(=C/c2ccc(O)cc2)N=C1C(N)CO. The first-order valence-electron chi connectivity index (χ1n) is 7.25. The van der Waals surface area contributed by atoms with Crippen molar-refractivity contribution in [2.75, 3.05) is 13.2 Å². The van der Waals surface area contributed by atoms with Crippen LogP contribution in [-0.2, 0) is 9.59 Å². The highest BCUT2D eigenvalue weighted by atomic mass is 16.3. The Bertz CT molecular complexity index is 664. The van der Waals surface area contributed by atoms with Crippen molar-refractivity contribution in [1.29, 1.82) is 0 Å². The number of aliphatic imine (C=N–C) groups is 1. The number of phenols is 1. The first-order chi connectivity index (χ1) is 11.0. The first-order valence-corrected chi connectivity index (χ1v) is 7.25. The molecule has 1 atom stereocenters. The fourth-order valence-electron chi connectivity index (χ4n) is 2.10. The number of rotatable bonds is 6. The maximum absolute atomic E-state index is 12.5. The van der Waals surface area contributed by atoms with Crippen LogP contribution >= 0.6 is 0 Å². The summed E-state index contributed by atoms with van der Waals surface area (Å²) in [5.41, 5.74) is 6.59. The fraction of sp³-hybridized carbons (Fsp3) is 0.312. The lowest BCUT2D eigenvalue weighted by atomic mass is 10.2. The number of nitrogens with zero attached hydrogens (tertiary/aromatic N) is 2. The number of benzene rings is 1. The summed E-state index contributed by atoms with van der Waals surface area (Å²) in [5.74, 6) is -0.253. The number of carbonyl (C=O) groups is 2. The number of aromatic hydroxyl groups is 1. The highest BCUT2D eigenvalue weighted by molar-refractivity contribution is 6.17. The molecule has 4 N–H and O–H groups in total. The van der Waals surface area contributed by atoms with Gasteiger partial charge in [-0.2, -0.15) is 0 Å². The van der Waals surface area contributed by atoms with E-state index < -0.39 is 11.9 Å². The fourth-order valence-corrected chi connectivity index (χ4v) is 2.10. The maximum atomic E-state index is 12.5. The third kappa shape index (κ3) is 3.82. The summed E-state index contributed by atoms with van der Waals surface area (Å²) >= 11 is 0. The Labute approximate surface area is 133 Å². The number of nitrogens with two attached hydrogens (primary N) is 1. The molecular weight excluding hydrogens is 298 g/mol. The van der Waals surface area contributed by atoms with Crippen LogP contribution in [0.1, 0.15) is 18.9 Å². The second kappa shape index (κ2) is 7.17. The smallest absolute Gasteiger partial charge is 0.278 e. The molecule has 7 nitrogen and oxygen atoms in total. The summed E-state index contributed by atoms with van der Waals surface area (Å²) in [6.07, 6.45) is 1.84. The number of amidine groups is 1. The van der Waals surface area contributed by atoms with Crippen molar-refractivity contribution in [1.82, 2.24) is 4.90 Å². The van der Waals surface area contributed by atoms with Gasteiger partial charge in [-0.3, -0.25) is 14.5 Å². The number of amides is 1. The monoisotopic (exact) mass is 317 g/mol. The lowest BCUT2D eigenvalue weighted by molar-refractivity contribution is -0.128. The van der Waals surface area contributed by atoms with Gasteiger partial charge in [0.25, 0.3) is 5.91 Å². The number of phenolic OH excluding ortho intramolecular Hbond substituents is 1. The molecule has 0 aromatic heterocycles. The van der Waals surface area contributed by atoms with Gasteiger partial charge in [0.1, 0.15) is 17.3 Å². The summed E-state index contributed by atoms with van der Waals surface area (Å²) in [6.45, 7) is 1.21. The lowest BCUT2D eigenvalue weighted by Crippen LogP contribution is -2.47. The van der Waals surface area contributed by atoms with Crippen LogP contribution in [0.2, 0.25) is 0 Å². The summed E-state index contributed by atoms with van der Waals surface area (Å²) in [6, 6.07) is 5.42. The Morgan fingerprint density at radius 1 is 1.39 bits per heavy atom. The molecule has 1 unspecified atom stereocenters. The molecule has 0 bridgehead atoms. The van der Waals surface area contributed by atoms with Gasteiger partial charge in [0, 0.05) is 6.42 Å². The third-order valence-electron chi connectivity index (χ3n) is 3.43. The number of hydrogen-bond acceptors (Lipinski definition) is 6. The van der Waals surface area contributed by atoms with E-state index in [-0.39, 0.29) is 36.2 Å². The predicted octanol–water partition coefficient (Wildman–Crippen LogP) is 0.273. The van der Waals surface area contributed by atoms with E-state index in [9.17, 15) is 19.8 Å². The minimum absolute atomic E-state index is 0.116. The molecule has 1 aromatic carbocycles. The molecule has 0 fully saturated rings. The molecule has 1 amide bonds. The highest BCUT2D eigenvalue weighted by Gasteiger charge is 2.34. The van der Waals surface area contributed by atoms with Crippen molar-refractivity contribution >= 4 is 23.6 Å². The van der Waals surface area contributed by atoms with Crippen molar-refractivity contribution < 1.29 is 19.8 Å². The zero-order valence-electron chi connectivity index (χ0n) is 12.8. The number of Topliss-reactive ketones (excluding diaryl/α,β-unsaturated/α-hetero) is 1. The van der Waals surface area contributed by atoms with Crippen LogP contribution in [0.25, 0.3) is 6.08 Å². The van der Waals surface area contributed by atoms with Crippen molar-refractivity contribution in [3.63, 3.8) is 0 Å². The molecule has 23 heavy (non-hydrogen) atoms. The van der Waals surface area contributed by atoms with Gasteiger partial charge >= 0.3 is 0 Å². The molecular formula is C16H19N3O4. The Morgan fingerprint density at radius 2 is 2.04 bits per heavy atom. The van der Waals surface area contributed by atoms with Crippen LogP contribution in [0.3, 0.4) is 0 Å². The molecule has 1 aromatic rings. The number of aliphatic hydroxyl groups excluding tert-OH is 1. The van der Waals surface area contributed by atoms with Gasteiger partial charge in [0.05, 0.1) is 19.2 Å². The largest absolute Gasteiger partial charge is 0.508 e. The van der Waals surface area contributed by atoms with Crippen molar-refractivity contribution in [2.24, 2.45) is 10.7 Å². The van der Waals surface area contributed by atoms with E-state index in [2.05, 4.69) is 4.99 Å². The molecule has 2 rings (SSSR count). The number of hydrogen-bond donors (Lipinski definition) is 3. The zero-order chi connectivity index (χ0) is 17.0. The first kappa shape index (κ1) is 16.9. The zero-order valence-corrected chi connectivity index (χ0v) is 12.8. The molecule has 1 aliphatic heterocycles. The van der Waals surface area contributed by atoms with E-state index in [4.69, 9.17) is 5.73 Å². The summed E-state index contributed by atoms with van der Waals surface area (Å²) in [7, 11) is 0. The second-order valence-corrected chi connectivity index (χ2v) is 5.16. The van der Waals surface area contributed by atoms with Gasteiger partial charge in [-0.1, -0.05) is 19.1 Å². The second-order valence-electron chi connectivity index (χ2n) is 5.16. The Morgan fingerprint density at radius 3 is 2.61 bits per heavy atom. The van der Waals surface area contributed by atoms with E-state index in [0.29, 0.717) is 12.0 Å². The van der Waals surface area contributed by atoms with Crippen LogP contribution < -0.4 is 5.73 Å². The normalized spacial score (nSPS) is 17.5. The topological polar surface area (TPSA) is 116 Å². The molecule has 0 saturated heterocycles. The van der Waals surface area contributed by atoms with E-state index >= 15 is 0 Å². The summed E-state index contributed by atoms with van der Waals surface area (Å²) in [5, 5.41) is 18.5. The van der Waals surface area contributed by atoms with Crippen molar-refractivity contribution in [3.05, 3.63) is 35.5 Å². The highest BCUT2D eigenvalue weighted by Crippen LogP contribution is 2.20. The Balaban J connectivity index is 2.34. The van der Waals surface area contributed by atoms with Crippen LogP contribution in [-0.4, -0.2) is 51.8 Å². The quantitative estimate of drug-likeness (QED) is 0.651. The lowest BCUT2D eigenvalue weighted by Gasteiger charge is -2.20. The van der Waals surface area contributed by atoms with Crippen LogP contribution in [0, 0.1) is 0 Å². The van der Waals surface area contributed by atoms with Crippen molar-refractivity contribution in [2.45, 2.75) is 19.4 Å². The third-order valence-corrected chi connectivity index (χ3v) is 3.43. The standard InChI is InChI=1S/C16H19N3O4/c1-2-11(21)8-19-15(13(17)9-20)18-14(16(19)23)7-10-3-5-12(22)6-4-10/h3-7,13,20,22H,2,8-9,17H2,1H3/b14-7-. The molecule has 1 aliphatic rings. The molecule has 7 heteroatoms. The van der Waals surface area contributed by atoms with Crippen LogP contribution in [0.5, 0.6) is 5.75 Å². The molecule has 0 saturated carbocycles. The van der Waals surface area contributed by atoms with E-state index in [1.165, 1.54) is 17.0 Å². The number of carbonyl (C=O) groups excluding carboxylic acids is 2. The van der Waals surface area contributed by atoms with Crippen LogP contribution in [0.4, 0.5) is 0 Å². The van der Waals surface area contributed by atoms with E-state index in [1.807, 2.05) is 0 Å². The van der Waals surface area contributed by atoms with E-state index in [0.717, 1.165) is 0 Å². The van der Waals surface area contributed by atoms with Gasteiger partial charge < -0.3 is 15.9 Å². The summed E-state index contributed by atoms with van der Waals surface area (Å²) in [4.78, 5) is 29.5. The molecule has 0 spiro atoms. The molecule has 1 heterocycles. The Kier molecular flexibility index (Phi) is 5.25. The van der Waals surface area contributed by atoms with Gasteiger partial charge in [-0.15, -0.1) is 0 Å². The van der Waals surface area contributed by atoms with Gasteiger partial charge in [0.15, 0.2) is 5.78 Å². The van der Waals surface area contributed by atoms with E-state index in [1.54, 1.807) is 25.1 Å². The van der Waals surface area contributed by atoms with Crippen molar-refractivity contribution in [3.8, 4) is 5.75 Å². The number of ketones is 1. The Hall–Kier alpha value is -2.51. The van der Waals surface area contributed by atoms with Gasteiger partial charge in [-0.05, 0) is 23.8 Å². The maximum Gasteiger partial charge on any atom is 0.278 e. The number of aliphatic hydroxyl groups is 1. The molecule has 0 aliphatic carbocycles. The minimum Gasteiger partial charge on any atom is -0.508 e. The average molecular weight is 317 g/mol. The average Bonchev–Trinajstić information content (AvgIpc) is 2.85. The molecule has 0 radical (unpaired) electrons. The molecule has 122 valence electrons.